The number of hydrogen-bond donors (Lipinski definition) is 1. The fourth-order valence-corrected chi connectivity index (χ4v) is 4.41. The Bertz CT molecular complexity index is 946. The SMILES string of the molecule is C.CC.CO.COc1cc(C)cc(C(C)=O)c1.Cc1cc(C(C)N2CCC(C)C2)ccc1OCCCCN(C)C. The van der Waals surface area contributed by atoms with Crippen molar-refractivity contribution < 1.29 is 19.4 Å². The Balaban J connectivity index is 0. The number of hydrogen-bond acceptors (Lipinski definition) is 6. The number of likely N-dealkylation sites (tertiary alicyclic amines) is 1. The summed E-state index contributed by atoms with van der Waals surface area (Å²) in [5, 5.41) is 7.00. The van der Waals surface area contributed by atoms with E-state index in [1.165, 1.54) is 37.1 Å². The monoisotopic (exact) mass is 560 g/mol. The second kappa shape index (κ2) is 22.3. The van der Waals surface area contributed by atoms with Crippen LogP contribution in [0.5, 0.6) is 11.5 Å². The first kappa shape index (κ1) is 39.7. The minimum atomic E-state index is 0. The fourth-order valence-electron chi connectivity index (χ4n) is 4.41. The first-order valence-corrected chi connectivity index (χ1v) is 14.3. The molecule has 2 unspecified atom stereocenters. The molecule has 0 radical (unpaired) electrons. The van der Waals surface area contributed by atoms with E-state index >= 15 is 0 Å². The van der Waals surface area contributed by atoms with E-state index in [1.54, 1.807) is 20.1 Å². The summed E-state index contributed by atoms with van der Waals surface area (Å²) in [4.78, 5) is 15.8. The molecule has 0 aliphatic carbocycles. The van der Waals surface area contributed by atoms with Crippen LogP contribution in [0.3, 0.4) is 0 Å². The van der Waals surface area contributed by atoms with Gasteiger partial charge in [-0.3, -0.25) is 9.69 Å². The van der Waals surface area contributed by atoms with Crippen LogP contribution in [0.25, 0.3) is 0 Å². The first-order valence-electron chi connectivity index (χ1n) is 14.3. The van der Waals surface area contributed by atoms with Crippen molar-refractivity contribution in [1.82, 2.24) is 9.80 Å². The average Bonchev–Trinajstić information content (AvgIpc) is 3.37. The molecular formula is C34H60N2O4. The summed E-state index contributed by atoms with van der Waals surface area (Å²) in [5.74, 6) is 2.68. The number of ether oxygens (including phenoxy) is 2. The minimum Gasteiger partial charge on any atom is -0.497 e. The Kier molecular flexibility index (Phi) is 22.1. The van der Waals surface area contributed by atoms with Crippen molar-refractivity contribution >= 4 is 5.78 Å². The number of nitrogens with zero attached hydrogens (tertiary/aromatic N) is 2. The molecule has 2 aromatic rings. The van der Waals surface area contributed by atoms with Crippen LogP contribution in [0.1, 0.15) is 94.4 Å². The van der Waals surface area contributed by atoms with Gasteiger partial charge in [-0.2, -0.15) is 0 Å². The lowest BCUT2D eigenvalue weighted by molar-refractivity contribution is 0.101. The van der Waals surface area contributed by atoms with Gasteiger partial charge in [-0.1, -0.05) is 40.3 Å². The number of rotatable bonds is 10. The molecule has 0 spiro atoms. The molecule has 6 heteroatoms. The topological polar surface area (TPSA) is 62.2 Å². The highest BCUT2D eigenvalue weighted by Gasteiger charge is 2.24. The van der Waals surface area contributed by atoms with Gasteiger partial charge in [0.25, 0.3) is 0 Å². The number of ketones is 1. The van der Waals surface area contributed by atoms with Gasteiger partial charge in [0.1, 0.15) is 11.5 Å². The molecule has 0 amide bonds. The predicted octanol–water partition coefficient (Wildman–Crippen LogP) is 7.60. The molecule has 1 N–H and O–H groups in total. The van der Waals surface area contributed by atoms with Gasteiger partial charge in [0, 0.05) is 25.3 Å². The van der Waals surface area contributed by atoms with Crippen molar-refractivity contribution in [1.29, 1.82) is 0 Å². The van der Waals surface area contributed by atoms with Gasteiger partial charge in [0.2, 0.25) is 0 Å². The largest absolute Gasteiger partial charge is 0.497 e. The smallest absolute Gasteiger partial charge is 0.159 e. The van der Waals surface area contributed by atoms with Crippen LogP contribution in [0.15, 0.2) is 36.4 Å². The van der Waals surface area contributed by atoms with Gasteiger partial charge in [-0.05, 0) is 121 Å². The van der Waals surface area contributed by atoms with Crippen molar-refractivity contribution in [2.45, 2.75) is 81.2 Å². The Labute approximate surface area is 246 Å². The lowest BCUT2D eigenvalue weighted by Crippen LogP contribution is -2.24. The molecule has 2 atom stereocenters. The summed E-state index contributed by atoms with van der Waals surface area (Å²) in [6.07, 6.45) is 3.63. The third-order valence-electron chi connectivity index (χ3n) is 6.63. The Hall–Kier alpha value is -2.41. The predicted molar refractivity (Wildman–Crippen MR) is 172 cm³/mol. The van der Waals surface area contributed by atoms with Gasteiger partial charge in [-0.25, -0.2) is 0 Å². The maximum Gasteiger partial charge on any atom is 0.159 e. The number of carbonyl (C=O) groups excluding carboxylic acids is 1. The fraction of sp³-hybridized carbons (Fsp3) is 0.618. The van der Waals surface area contributed by atoms with Crippen molar-refractivity contribution in [3.63, 3.8) is 0 Å². The summed E-state index contributed by atoms with van der Waals surface area (Å²) in [6, 6.07) is 12.7. The van der Waals surface area contributed by atoms with E-state index in [-0.39, 0.29) is 13.2 Å². The van der Waals surface area contributed by atoms with Crippen LogP contribution in [-0.2, 0) is 0 Å². The summed E-state index contributed by atoms with van der Waals surface area (Å²) >= 11 is 0. The second-order valence-corrected chi connectivity index (χ2v) is 10.2. The number of aryl methyl sites for hydroxylation is 2. The Morgan fingerprint density at radius 2 is 1.75 bits per heavy atom. The minimum absolute atomic E-state index is 0. The van der Waals surface area contributed by atoms with Crippen LogP contribution in [0.4, 0.5) is 0 Å². The van der Waals surface area contributed by atoms with Crippen LogP contribution in [0.2, 0.25) is 0 Å². The molecule has 1 heterocycles. The molecule has 0 saturated carbocycles. The number of methoxy groups -OCH3 is 1. The standard InChI is InChI=1S/C20H34N2O.C10H12O2.C2H6.CH4O.CH4/c1-16-10-12-22(15-16)18(3)19-8-9-20(17(2)14-19)23-13-7-6-11-21(4)5;1-7-4-9(8(2)11)6-10(5-7)12-3;2*1-2;/h8-9,14,16,18H,6-7,10-13,15H2,1-5H3;4-6H,1-3H3;1-2H3;2H,1H3;1H4. The third kappa shape index (κ3) is 14.8. The summed E-state index contributed by atoms with van der Waals surface area (Å²) in [5.41, 5.74) is 4.41. The number of aliphatic hydroxyl groups is 1. The zero-order chi connectivity index (χ0) is 30.0. The maximum atomic E-state index is 11.0. The van der Waals surface area contributed by atoms with Gasteiger partial charge in [0.05, 0.1) is 13.7 Å². The van der Waals surface area contributed by atoms with E-state index in [0.717, 1.165) is 49.7 Å². The lowest BCUT2D eigenvalue weighted by Gasteiger charge is -2.25. The molecule has 0 aromatic heterocycles. The zero-order valence-corrected chi connectivity index (χ0v) is 26.6. The highest BCUT2D eigenvalue weighted by molar-refractivity contribution is 5.94. The summed E-state index contributed by atoms with van der Waals surface area (Å²) in [7, 11) is 6.83. The first-order chi connectivity index (χ1) is 18.6. The van der Waals surface area contributed by atoms with Crippen molar-refractivity contribution in [3.8, 4) is 11.5 Å². The van der Waals surface area contributed by atoms with E-state index < -0.39 is 0 Å². The second-order valence-electron chi connectivity index (χ2n) is 10.2. The van der Waals surface area contributed by atoms with Gasteiger partial charge in [-0.15, -0.1) is 0 Å². The highest BCUT2D eigenvalue weighted by atomic mass is 16.5. The highest BCUT2D eigenvalue weighted by Crippen LogP contribution is 2.30. The van der Waals surface area contributed by atoms with Crippen molar-refractivity contribution in [2.24, 2.45) is 5.92 Å². The van der Waals surface area contributed by atoms with Crippen molar-refractivity contribution in [2.75, 3.05) is 54.6 Å². The lowest BCUT2D eigenvalue weighted by atomic mass is 10.0. The molecule has 1 saturated heterocycles. The molecule has 3 rings (SSSR count). The van der Waals surface area contributed by atoms with Gasteiger partial charge in [0.15, 0.2) is 5.78 Å². The number of Topliss-reactive ketones (excluding diaryl/α,β-unsaturated/α-hetero) is 1. The molecule has 0 bridgehead atoms. The molecule has 6 nitrogen and oxygen atoms in total. The molecule has 2 aromatic carbocycles. The maximum absolute atomic E-state index is 11.0. The molecule has 1 aliphatic heterocycles. The third-order valence-corrected chi connectivity index (χ3v) is 6.63. The molecule has 1 aliphatic rings. The van der Waals surface area contributed by atoms with Crippen LogP contribution in [0, 0.1) is 19.8 Å². The van der Waals surface area contributed by atoms with E-state index in [2.05, 4.69) is 62.9 Å². The number of aliphatic hydroxyl groups excluding tert-OH is 1. The quantitative estimate of drug-likeness (QED) is 0.239. The molecule has 1 fully saturated rings. The average molecular weight is 561 g/mol. The molecule has 40 heavy (non-hydrogen) atoms. The number of unbranched alkanes of at least 4 members (excludes halogenated alkanes) is 1. The Morgan fingerprint density at radius 3 is 2.25 bits per heavy atom. The zero-order valence-electron chi connectivity index (χ0n) is 26.6. The molecule has 230 valence electrons. The number of benzene rings is 2. The molecular weight excluding hydrogens is 500 g/mol. The van der Waals surface area contributed by atoms with Crippen LogP contribution in [-0.4, -0.2) is 75.2 Å². The van der Waals surface area contributed by atoms with Crippen molar-refractivity contribution in [3.05, 3.63) is 58.7 Å². The number of carbonyl (C=O) groups is 1. The van der Waals surface area contributed by atoms with Gasteiger partial charge < -0.3 is 19.5 Å². The van der Waals surface area contributed by atoms with Crippen LogP contribution >= 0.6 is 0 Å². The van der Waals surface area contributed by atoms with Gasteiger partial charge >= 0.3 is 0 Å². The van der Waals surface area contributed by atoms with E-state index in [4.69, 9.17) is 14.6 Å². The summed E-state index contributed by atoms with van der Waals surface area (Å²) < 4.78 is 11.0. The van der Waals surface area contributed by atoms with E-state index in [0.29, 0.717) is 11.6 Å². The van der Waals surface area contributed by atoms with E-state index in [1.807, 2.05) is 32.9 Å². The normalized spacial score (nSPS) is 14.8. The Morgan fingerprint density at radius 1 is 1.10 bits per heavy atom. The summed E-state index contributed by atoms with van der Waals surface area (Å²) in [6.45, 7) is 18.7. The van der Waals surface area contributed by atoms with E-state index in [9.17, 15) is 4.79 Å². The van der Waals surface area contributed by atoms with Crippen LogP contribution < -0.4 is 9.47 Å².